The first-order valence-corrected chi connectivity index (χ1v) is 7.06. The lowest BCUT2D eigenvalue weighted by Crippen LogP contribution is -2.49. The van der Waals surface area contributed by atoms with Gasteiger partial charge in [0.25, 0.3) is 0 Å². The summed E-state index contributed by atoms with van der Waals surface area (Å²) in [7, 11) is 1.33. The molecule has 0 bridgehead atoms. The van der Waals surface area contributed by atoms with E-state index in [9.17, 15) is 14.9 Å². The van der Waals surface area contributed by atoms with Crippen LogP contribution in [0.1, 0.15) is 39.0 Å². The molecule has 0 aromatic rings. The summed E-state index contributed by atoms with van der Waals surface area (Å²) in [6.45, 7) is 2.84. The molecule has 0 saturated heterocycles. The smallest absolute Gasteiger partial charge is 0.319 e. The van der Waals surface area contributed by atoms with Gasteiger partial charge in [-0.1, -0.05) is 6.92 Å². The van der Waals surface area contributed by atoms with Crippen molar-refractivity contribution in [3.63, 3.8) is 0 Å². The number of nitrogens with zero attached hydrogens (tertiary/aromatic N) is 2. The Kier molecular flexibility index (Phi) is 6.46. The van der Waals surface area contributed by atoms with Crippen molar-refractivity contribution in [2.24, 2.45) is 0 Å². The van der Waals surface area contributed by atoms with Gasteiger partial charge in [-0.15, -0.1) is 0 Å². The minimum absolute atomic E-state index is 0.0946. The molecule has 1 rings (SSSR count). The van der Waals surface area contributed by atoms with Crippen molar-refractivity contribution >= 4 is 11.9 Å². The molecule has 1 saturated carbocycles. The molecule has 0 aromatic heterocycles. The molecule has 6 nitrogen and oxygen atoms in total. The second-order valence-electron chi connectivity index (χ2n) is 5.24. The lowest BCUT2D eigenvalue weighted by Gasteiger charge is -2.25. The molecule has 0 atom stereocenters. The van der Waals surface area contributed by atoms with Gasteiger partial charge in [0.05, 0.1) is 26.3 Å². The number of ether oxygens (including phenoxy) is 1. The summed E-state index contributed by atoms with van der Waals surface area (Å²) in [4.78, 5) is 25.1. The first-order chi connectivity index (χ1) is 9.55. The molecule has 1 N–H and O–H groups in total. The van der Waals surface area contributed by atoms with Crippen LogP contribution in [0.5, 0.6) is 0 Å². The second-order valence-corrected chi connectivity index (χ2v) is 5.24. The maximum absolute atomic E-state index is 12.1. The maximum Gasteiger partial charge on any atom is 0.319 e. The average Bonchev–Trinajstić information content (AvgIpc) is 2.87. The third-order valence-electron chi connectivity index (χ3n) is 3.54. The number of carbonyl (C=O) groups excluding carboxylic acids is 2. The van der Waals surface area contributed by atoms with Gasteiger partial charge in [-0.05, 0) is 38.6 Å². The van der Waals surface area contributed by atoms with Crippen LogP contribution in [-0.2, 0) is 14.3 Å². The van der Waals surface area contributed by atoms with Gasteiger partial charge < -0.3 is 10.1 Å². The number of hydrogen-bond donors (Lipinski definition) is 1. The van der Waals surface area contributed by atoms with Crippen molar-refractivity contribution in [1.82, 2.24) is 10.2 Å². The Balaban J connectivity index is 2.53. The molecule has 0 unspecified atom stereocenters. The summed E-state index contributed by atoms with van der Waals surface area (Å²) in [5, 5.41) is 12.1. The molecule has 1 fully saturated rings. The van der Waals surface area contributed by atoms with Crippen molar-refractivity contribution in [1.29, 1.82) is 5.26 Å². The molecule has 0 heterocycles. The maximum atomic E-state index is 12.1. The molecule has 1 aliphatic carbocycles. The molecular formula is C14H23N3O3. The highest BCUT2D eigenvalue weighted by molar-refractivity contribution is 5.80. The summed E-state index contributed by atoms with van der Waals surface area (Å²) < 4.78 is 4.62. The number of nitriles is 1. The Morgan fingerprint density at radius 3 is 2.50 bits per heavy atom. The van der Waals surface area contributed by atoms with Gasteiger partial charge in [0, 0.05) is 0 Å². The molecule has 1 amide bonds. The van der Waals surface area contributed by atoms with E-state index in [1.54, 1.807) is 4.90 Å². The average molecular weight is 281 g/mol. The number of nitrogens with one attached hydrogen (secondary N) is 1. The lowest BCUT2D eigenvalue weighted by atomic mass is 10.00. The molecule has 0 aliphatic heterocycles. The normalized spacial score (nSPS) is 16.7. The molecule has 6 heteroatoms. The van der Waals surface area contributed by atoms with E-state index in [1.807, 2.05) is 6.92 Å². The predicted molar refractivity (Wildman–Crippen MR) is 73.7 cm³/mol. The van der Waals surface area contributed by atoms with Gasteiger partial charge in [0.2, 0.25) is 5.91 Å². The number of carbonyl (C=O) groups is 2. The van der Waals surface area contributed by atoms with E-state index in [1.165, 1.54) is 7.11 Å². The van der Waals surface area contributed by atoms with E-state index < -0.39 is 5.54 Å². The zero-order valence-electron chi connectivity index (χ0n) is 12.3. The van der Waals surface area contributed by atoms with Crippen LogP contribution in [0.2, 0.25) is 0 Å². The number of rotatable bonds is 7. The molecular weight excluding hydrogens is 258 g/mol. The SMILES string of the molecule is CCCN(CC(=O)NC1(C#N)CCCC1)CC(=O)OC. The first kappa shape index (κ1) is 16.4. The zero-order valence-corrected chi connectivity index (χ0v) is 12.3. The van der Waals surface area contributed by atoms with Crippen LogP contribution in [0.15, 0.2) is 0 Å². The number of amides is 1. The molecule has 0 radical (unpaired) electrons. The third-order valence-corrected chi connectivity index (χ3v) is 3.54. The van der Waals surface area contributed by atoms with E-state index in [0.717, 1.165) is 19.3 Å². The quantitative estimate of drug-likeness (QED) is 0.699. The van der Waals surface area contributed by atoms with Crippen LogP contribution < -0.4 is 5.32 Å². The Labute approximate surface area is 120 Å². The predicted octanol–water partition coefficient (Wildman–Crippen LogP) is 0.824. The minimum atomic E-state index is -0.708. The topological polar surface area (TPSA) is 82.4 Å². The third kappa shape index (κ3) is 4.82. The van der Waals surface area contributed by atoms with Gasteiger partial charge in [-0.3, -0.25) is 14.5 Å². The summed E-state index contributed by atoms with van der Waals surface area (Å²) >= 11 is 0. The highest BCUT2D eigenvalue weighted by Gasteiger charge is 2.35. The van der Waals surface area contributed by atoms with Crippen molar-refractivity contribution in [2.75, 3.05) is 26.7 Å². The van der Waals surface area contributed by atoms with Crippen molar-refractivity contribution in [3.05, 3.63) is 0 Å². The fraction of sp³-hybridized carbons (Fsp3) is 0.786. The lowest BCUT2D eigenvalue weighted by molar-refractivity contribution is -0.142. The number of methoxy groups -OCH3 is 1. The van der Waals surface area contributed by atoms with Crippen LogP contribution >= 0.6 is 0 Å². The monoisotopic (exact) mass is 281 g/mol. The van der Waals surface area contributed by atoms with Gasteiger partial charge in [0.1, 0.15) is 5.54 Å². The van der Waals surface area contributed by atoms with Crippen LogP contribution in [0.4, 0.5) is 0 Å². The van der Waals surface area contributed by atoms with Crippen molar-refractivity contribution in [2.45, 2.75) is 44.6 Å². The van der Waals surface area contributed by atoms with Gasteiger partial charge >= 0.3 is 5.97 Å². The standard InChI is InChI=1S/C14H23N3O3/c1-3-8-17(10-13(19)20-2)9-12(18)16-14(11-15)6-4-5-7-14/h3-10H2,1-2H3,(H,16,18). The Hall–Kier alpha value is -1.61. The molecule has 1 aliphatic rings. The molecule has 112 valence electrons. The van der Waals surface area contributed by atoms with Crippen LogP contribution in [-0.4, -0.2) is 49.1 Å². The number of hydrogen-bond acceptors (Lipinski definition) is 5. The Bertz CT molecular complexity index is 384. The fourth-order valence-electron chi connectivity index (χ4n) is 2.53. The largest absolute Gasteiger partial charge is 0.468 e. The van der Waals surface area contributed by atoms with E-state index in [-0.39, 0.29) is 25.0 Å². The van der Waals surface area contributed by atoms with E-state index >= 15 is 0 Å². The highest BCUT2D eigenvalue weighted by Crippen LogP contribution is 2.28. The number of esters is 1. The Morgan fingerprint density at radius 1 is 1.35 bits per heavy atom. The zero-order chi connectivity index (χ0) is 15.0. The summed E-state index contributed by atoms with van der Waals surface area (Å²) in [6, 6.07) is 2.22. The summed E-state index contributed by atoms with van der Waals surface area (Å²) in [5.74, 6) is -0.562. The minimum Gasteiger partial charge on any atom is -0.468 e. The molecule has 0 spiro atoms. The summed E-state index contributed by atoms with van der Waals surface area (Å²) in [6.07, 6.45) is 4.19. The van der Waals surface area contributed by atoms with Crippen LogP contribution in [0, 0.1) is 11.3 Å². The van der Waals surface area contributed by atoms with E-state index in [0.29, 0.717) is 19.4 Å². The van der Waals surface area contributed by atoms with Gasteiger partial charge in [-0.2, -0.15) is 5.26 Å². The van der Waals surface area contributed by atoms with Crippen LogP contribution in [0.25, 0.3) is 0 Å². The van der Waals surface area contributed by atoms with Crippen LogP contribution in [0.3, 0.4) is 0 Å². The summed E-state index contributed by atoms with van der Waals surface area (Å²) in [5.41, 5.74) is -0.708. The fourth-order valence-corrected chi connectivity index (χ4v) is 2.53. The van der Waals surface area contributed by atoms with E-state index in [2.05, 4.69) is 16.1 Å². The first-order valence-electron chi connectivity index (χ1n) is 7.06. The highest BCUT2D eigenvalue weighted by atomic mass is 16.5. The Morgan fingerprint density at radius 2 is 2.00 bits per heavy atom. The molecule has 20 heavy (non-hydrogen) atoms. The van der Waals surface area contributed by atoms with E-state index in [4.69, 9.17) is 0 Å². The van der Waals surface area contributed by atoms with Crippen molar-refractivity contribution < 1.29 is 14.3 Å². The van der Waals surface area contributed by atoms with Crippen molar-refractivity contribution in [3.8, 4) is 6.07 Å². The van der Waals surface area contributed by atoms with Gasteiger partial charge in [-0.25, -0.2) is 0 Å². The molecule has 0 aromatic carbocycles. The second kappa shape index (κ2) is 7.85. The van der Waals surface area contributed by atoms with Gasteiger partial charge in [0.15, 0.2) is 0 Å².